The summed E-state index contributed by atoms with van der Waals surface area (Å²) >= 11 is 0. The molecule has 1 amide bonds. The average Bonchev–Trinajstić information content (AvgIpc) is 2.99. The molecule has 132 valence electrons. The molecule has 1 saturated heterocycles. The van der Waals surface area contributed by atoms with Gasteiger partial charge in [-0.2, -0.15) is 0 Å². The van der Waals surface area contributed by atoms with Gasteiger partial charge < -0.3 is 14.8 Å². The van der Waals surface area contributed by atoms with Crippen LogP contribution in [0.2, 0.25) is 0 Å². The number of likely N-dealkylation sites (tertiary alicyclic amines) is 1. The van der Waals surface area contributed by atoms with Crippen molar-refractivity contribution < 1.29 is 28.7 Å². The van der Waals surface area contributed by atoms with Crippen molar-refractivity contribution in [3.63, 3.8) is 0 Å². The molecule has 1 aromatic rings. The molecule has 0 aliphatic carbocycles. The first-order valence-electron chi connectivity index (χ1n) is 7.89. The van der Waals surface area contributed by atoms with E-state index in [1.807, 2.05) is 0 Å². The highest BCUT2D eigenvalue weighted by molar-refractivity contribution is 6.42. The Balaban J connectivity index is 1.73. The van der Waals surface area contributed by atoms with Crippen molar-refractivity contribution in [1.82, 2.24) is 4.90 Å². The smallest absolute Gasteiger partial charge is 0.353 e. The first-order valence-corrected chi connectivity index (χ1v) is 7.89. The number of ketones is 1. The minimum absolute atomic E-state index is 0.0882. The fourth-order valence-corrected chi connectivity index (χ4v) is 3.18. The van der Waals surface area contributed by atoms with Crippen LogP contribution in [0.1, 0.15) is 35.2 Å². The molecule has 1 spiro atoms. The molecule has 0 saturated carbocycles. The van der Waals surface area contributed by atoms with Gasteiger partial charge in [0, 0.05) is 18.5 Å². The van der Waals surface area contributed by atoms with Gasteiger partial charge in [0.2, 0.25) is 5.78 Å². The number of carbonyl (C=O) groups is 3. The minimum Gasteiger partial charge on any atom is -0.477 e. The van der Waals surface area contributed by atoms with E-state index in [1.54, 1.807) is 0 Å². The zero-order valence-corrected chi connectivity index (χ0v) is 13.6. The molecule has 0 bridgehead atoms. The standard InChI is InChI=1S/C17H17FN2O5/c1-10-7-11(3-4-12(10)18)14(21)15(22)20-6-2-5-17(9-20)8-13(16(23)24)19-25-17/h3-4,7H,2,5-6,8-9H2,1H3,(H,23,24). The number of amides is 1. The molecule has 7 nitrogen and oxygen atoms in total. The lowest BCUT2D eigenvalue weighted by Gasteiger charge is -2.37. The zero-order chi connectivity index (χ0) is 18.2. The topological polar surface area (TPSA) is 96.3 Å². The van der Waals surface area contributed by atoms with E-state index < -0.39 is 29.1 Å². The molecule has 0 radical (unpaired) electrons. The monoisotopic (exact) mass is 348 g/mol. The highest BCUT2D eigenvalue weighted by Crippen LogP contribution is 2.33. The number of rotatable bonds is 3. The number of hydrogen-bond acceptors (Lipinski definition) is 5. The Morgan fingerprint density at radius 2 is 2.12 bits per heavy atom. The molecule has 2 aliphatic heterocycles. The number of halogens is 1. The van der Waals surface area contributed by atoms with E-state index >= 15 is 0 Å². The third-order valence-corrected chi connectivity index (χ3v) is 4.53. The summed E-state index contributed by atoms with van der Waals surface area (Å²) in [5.41, 5.74) is -0.568. The SMILES string of the molecule is Cc1cc(C(=O)C(=O)N2CCCC3(CC(C(=O)O)=NO3)C2)ccc1F. The van der Waals surface area contributed by atoms with Gasteiger partial charge in [0.1, 0.15) is 5.82 Å². The largest absolute Gasteiger partial charge is 0.477 e. The molecule has 1 aromatic carbocycles. The molecule has 1 unspecified atom stereocenters. The van der Waals surface area contributed by atoms with Crippen molar-refractivity contribution in [2.75, 3.05) is 13.1 Å². The summed E-state index contributed by atoms with van der Waals surface area (Å²) in [5.74, 6) is -3.04. The first-order chi connectivity index (χ1) is 11.8. The number of hydrogen-bond donors (Lipinski definition) is 1. The van der Waals surface area contributed by atoms with Crippen LogP contribution in [-0.2, 0) is 14.4 Å². The number of carboxylic acids is 1. The maximum Gasteiger partial charge on any atom is 0.353 e. The number of carbonyl (C=O) groups excluding carboxylic acids is 2. The molecule has 1 atom stereocenters. The fourth-order valence-electron chi connectivity index (χ4n) is 3.18. The number of carboxylic acid groups (broad SMARTS) is 1. The van der Waals surface area contributed by atoms with Crippen molar-refractivity contribution in [3.05, 3.63) is 35.1 Å². The predicted molar refractivity (Wildman–Crippen MR) is 84.8 cm³/mol. The van der Waals surface area contributed by atoms with Gasteiger partial charge in [0.05, 0.1) is 6.54 Å². The number of aliphatic carboxylic acids is 1. The maximum atomic E-state index is 13.3. The highest BCUT2D eigenvalue weighted by atomic mass is 19.1. The van der Waals surface area contributed by atoms with Crippen LogP contribution in [0.5, 0.6) is 0 Å². The van der Waals surface area contributed by atoms with Crippen LogP contribution in [0.3, 0.4) is 0 Å². The molecule has 1 N–H and O–H groups in total. The van der Waals surface area contributed by atoms with Crippen LogP contribution in [0.4, 0.5) is 4.39 Å². The van der Waals surface area contributed by atoms with E-state index in [9.17, 15) is 18.8 Å². The van der Waals surface area contributed by atoms with E-state index in [-0.39, 0.29) is 29.8 Å². The minimum atomic E-state index is -1.15. The molecule has 2 aliphatic rings. The molecule has 3 rings (SSSR count). The molecule has 8 heteroatoms. The van der Waals surface area contributed by atoms with Gasteiger partial charge in [-0.25, -0.2) is 9.18 Å². The van der Waals surface area contributed by atoms with Crippen LogP contribution >= 0.6 is 0 Å². The summed E-state index contributed by atoms with van der Waals surface area (Å²) in [6, 6.07) is 3.77. The summed E-state index contributed by atoms with van der Waals surface area (Å²) in [6.07, 6.45) is 1.22. The Morgan fingerprint density at radius 3 is 2.76 bits per heavy atom. The van der Waals surface area contributed by atoms with Gasteiger partial charge in [0.25, 0.3) is 5.91 Å². The molecule has 0 aromatic heterocycles. The zero-order valence-electron chi connectivity index (χ0n) is 13.6. The number of benzene rings is 1. The molecule has 25 heavy (non-hydrogen) atoms. The van der Waals surface area contributed by atoms with Crippen LogP contribution in [0.15, 0.2) is 23.4 Å². The normalized spacial score (nSPS) is 22.5. The van der Waals surface area contributed by atoms with Crippen molar-refractivity contribution in [1.29, 1.82) is 0 Å². The number of Topliss-reactive ketones (excluding diaryl/α,β-unsaturated/α-hetero) is 1. The second-order valence-corrected chi connectivity index (χ2v) is 6.42. The fraction of sp³-hybridized carbons (Fsp3) is 0.412. The summed E-state index contributed by atoms with van der Waals surface area (Å²) in [5, 5.41) is 12.6. The Kier molecular flexibility index (Phi) is 4.28. The maximum absolute atomic E-state index is 13.3. The second kappa shape index (κ2) is 6.27. The van der Waals surface area contributed by atoms with E-state index in [0.717, 1.165) is 6.07 Å². The van der Waals surface area contributed by atoms with Gasteiger partial charge in [-0.1, -0.05) is 5.16 Å². The van der Waals surface area contributed by atoms with Crippen molar-refractivity contribution in [3.8, 4) is 0 Å². The number of piperidine rings is 1. The summed E-state index contributed by atoms with van der Waals surface area (Å²) in [7, 11) is 0. The number of oxime groups is 1. The number of nitrogens with zero attached hydrogens (tertiary/aromatic N) is 2. The third-order valence-electron chi connectivity index (χ3n) is 4.53. The number of aryl methyl sites for hydroxylation is 1. The lowest BCUT2D eigenvalue weighted by molar-refractivity contribution is -0.135. The molecule has 2 heterocycles. The van der Waals surface area contributed by atoms with Gasteiger partial charge in [-0.15, -0.1) is 0 Å². The van der Waals surface area contributed by atoms with Crippen molar-refractivity contribution >= 4 is 23.4 Å². The Bertz CT molecular complexity index is 791. The summed E-state index contributed by atoms with van der Waals surface area (Å²) in [6.45, 7) is 1.99. The van der Waals surface area contributed by atoms with Gasteiger partial charge >= 0.3 is 5.97 Å². The summed E-state index contributed by atoms with van der Waals surface area (Å²) < 4.78 is 13.3. The Morgan fingerprint density at radius 1 is 1.36 bits per heavy atom. The average molecular weight is 348 g/mol. The molecule has 1 fully saturated rings. The van der Waals surface area contributed by atoms with Crippen LogP contribution in [0.25, 0.3) is 0 Å². The summed E-state index contributed by atoms with van der Waals surface area (Å²) in [4.78, 5) is 42.6. The lowest BCUT2D eigenvalue weighted by Crippen LogP contribution is -2.52. The van der Waals surface area contributed by atoms with Crippen LogP contribution in [-0.4, -0.2) is 52.1 Å². The highest BCUT2D eigenvalue weighted by Gasteiger charge is 2.46. The lowest BCUT2D eigenvalue weighted by atomic mass is 9.88. The quantitative estimate of drug-likeness (QED) is 0.660. The van der Waals surface area contributed by atoms with E-state index in [0.29, 0.717) is 19.4 Å². The Labute approximate surface area is 143 Å². The van der Waals surface area contributed by atoms with E-state index in [2.05, 4.69) is 5.16 Å². The Hall–Kier alpha value is -2.77. The van der Waals surface area contributed by atoms with E-state index in [4.69, 9.17) is 9.94 Å². The van der Waals surface area contributed by atoms with E-state index in [1.165, 1.54) is 24.0 Å². The predicted octanol–water partition coefficient (Wildman–Crippen LogP) is 1.54. The third kappa shape index (κ3) is 3.24. The van der Waals surface area contributed by atoms with Crippen LogP contribution < -0.4 is 0 Å². The first kappa shape index (κ1) is 17.1. The van der Waals surface area contributed by atoms with Gasteiger partial charge in [0.15, 0.2) is 11.3 Å². The van der Waals surface area contributed by atoms with Crippen molar-refractivity contribution in [2.45, 2.75) is 31.8 Å². The molecular weight excluding hydrogens is 331 g/mol. The van der Waals surface area contributed by atoms with Gasteiger partial charge in [-0.3, -0.25) is 9.59 Å². The molecular formula is C17H17FN2O5. The van der Waals surface area contributed by atoms with Gasteiger partial charge in [-0.05, 0) is 43.5 Å². The van der Waals surface area contributed by atoms with Crippen molar-refractivity contribution in [2.24, 2.45) is 5.16 Å². The van der Waals surface area contributed by atoms with Crippen LogP contribution in [0, 0.1) is 12.7 Å². The second-order valence-electron chi connectivity index (χ2n) is 6.42.